The molecular formula is C13H17F2NO3. The van der Waals surface area contributed by atoms with Crippen molar-refractivity contribution in [3.05, 3.63) is 29.8 Å². The molecule has 106 valence electrons. The Hall–Kier alpha value is -1.69. The van der Waals surface area contributed by atoms with Gasteiger partial charge in [0.2, 0.25) is 0 Å². The number of rotatable bonds is 6. The monoisotopic (exact) mass is 273 g/mol. The van der Waals surface area contributed by atoms with E-state index < -0.39 is 17.9 Å². The largest absolute Gasteiger partial charge is 0.494 e. The van der Waals surface area contributed by atoms with Gasteiger partial charge in [-0.1, -0.05) is 18.2 Å². The fourth-order valence-corrected chi connectivity index (χ4v) is 1.57. The molecule has 1 atom stereocenters. The first-order valence-electron chi connectivity index (χ1n) is 5.97. The summed E-state index contributed by atoms with van der Waals surface area (Å²) in [6.07, 6.45) is 0. The number of benzene rings is 1. The minimum Gasteiger partial charge on any atom is -0.494 e. The topological polar surface area (TPSA) is 61.5 Å². The number of ether oxygens (including phenoxy) is 2. The van der Waals surface area contributed by atoms with Gasteiger partial charge >= 0.3 is 11.9 Å². The second-order valence-electron chi connectivity index (χ2n) is 3.79. The zero-order valence-electron chi connectivity index (χ0n) is 10.9. The maximum absolute atomic E-state index is 13.8. The Balaban J connectivity index is 3.05. The minimum atomic E-state index is -3.80. The summed E-state index contributed by atoms with van der Waals surface area (Å²) in [4.78, 5) is 11.3. The SMILES string of the molecule is CCOC(=O)C(F)(F)[C@H](N)c1ccccc1OCC. The summed E-state index contributed by atoms with van der Waals surface area (Å²) < 4.78 is 37.3. The smallest absolute Gasteiger partial charge is 0.379 e. The van der Waals surface area contributed by atoms with E-state index in [1.54, 1.807) is 19.1 Å². The fourth-order valence-electron chi connectivity index (χ4n) is 1.57. The molecule has 0 unspecified atom stereocenters. The average Bonchev–Trinajstić information content (AvgIpc) is 2.39. The number of carbonyl (C=O) groups is 1. The lowest BCUT2D eigenvalue weighted by Crippen LogP contribution is -2.41. The number of nitrogens with two attached hydrogens (primary N) is 1. The highest BCUT2D eigenvalue weighted by Gasteiger charge is 2.48. The van der Waals surface area contributed by atoms with Gasteiger partial charge in [0.05, 0.1) is 13.2 Å². The molecule has 0 heterocycles. The molecule has 6 heteroatoms. The normalized spacial score (nSPS) is 12.9. The first-order valence-corrected chi connectivity index (χ1v) is 5.97. The number of halogens is 2. The number of hydrogen-bond acceptors (Lipinski definition) is 4. The van der Waals surface area contributed by atoms with Crippen LogP contribution in [0.15, 0.2) is 24.3 Å². The van der Waals surface area contributed by atoms with E-state index in [-0.39, 0.29) is 17.9 Å². The van der Waals surface area contributed by atoms with Crippen molar-refractivity contribution < 1.29 is 23.0 Å². The quantitative estimate of drug-likeness (QED) is 0.808. The zero-order chi connectivity index (χ0) is 14.5. The Kier molecular flexibility index (Phi) is 5.23. The van der Waals surface area contributed by atoms with Gasteiger partial charge in [0, 0.05) is 5.56 Å². The van der Waals surface area contributed by atoms with Crippen LogP contribution in [0, 0.1) is 0 Å². The van der Waals surface area contributed by atoms with Crippen LogP contribution < -0.4 is 10.5 Å². The summed E-state index contributed by atoms with van der Waals surface area (Å²) in [5.41, 5.74) is 5.58. The van der Waals surface area contributed by atoms with Crippen LogP contribution in [0.4, 0.5) is 8.78 Å². The van der Waals surface area contributed by atoms with Gasteiger partial charge in [0.25, 0.3) is 0 Å². The molecule has 19 heavy (non-hydrogen) atoms. The van der Waals surface area contributed by atoms with Crippen LogP contribution in [-0.4, -0.2) is 25.1 Å². The lowest BCUT2D eigenvalue weighted by Gasteiger charge is -2.23. The molecule has 1 aromatic carbocycles. The standard InChI is InChI=1S/C13H17F2NO3/c1-3-18-10-8-6-5-7-9(10)11(16)13(14,15)12(17)19-4-2/h5-8,11H,3-4,16H2,1-2H3/t11-/m1/s1. The number of alkyl halides is 2. The maximum Gasteiger partial charge on any atom is 0.379 e. The number of para-hydroxylation sites is 1. The van der Waals surface area contributed by atoms with Crippen molar-refractivity contribution in [2.45, 2.75) is 25.8 Å². The lowest BCUT2D eigenvalue weighted by atomic mass is 10.0. The first-order chi connectivity index (χ1) is 8.95. The molecule has 0 saturated carbocycles. The van der Waals surface area contributed by atoms with Gasteiger partial charge in [-0.3, -0.25) is 0 Å². The molecule has 0 fully saturated rings. The van der Waals surface area contributed by atoms with Crippen LogP contribution in [0.2, 0.25) is 0 Å². The van der Waals surface area contributed by atoms with Crippen LogP contribution in [0.1, 0.15) is 25.5 Å². The van der Waals surface area contributed by atoms with Crippen molar-refractivity contribution in [3.63, 3.8) is 0 Å². The van der Waals surface area contributed by atoms with Crippen molar-refractivity contribution >= 4 is 5.97 Å². The van der Waals surface area contributed by atoms with Gasteiger partial charge in [-0.25, -0.2) is 4.79 Å². The van der Waals surface area contributed by atoms with Gasteiger partial charge in [0.1, 0.15) is 11.8 Å². The van der Waals surface area contributed by atoms with Gasteiger partial charge in [-0.15, -0.1) is 0 Å². The Morgan fingerprint density at radius 1 is 1.32 bits per heavy atom. The van der Waals surface area contributed by atoms with E-state index in [0.717, 1.165) is 0 Å². The van der Waals surface area contributed by atoms with E-state index in [1.165, 1.54) is 19.1 Å². The number of esters is 1. The average molecular weight is 273 g/mol. The van der Waals surface area contributed by atoms with E-state index in [1.807, 2.05) is 0 Å². The predicted molar refractivity (Wildman–Crippen MR) is 66.1 cm³/mol. The maximum atomic E-state index is 13.8. The highest BCUT2D eigenvalue weighted by molar-refractivity contribution is 5.79. The summed E-state index contributed by atoms with van der Waals surface area (Å²) >= 11 is 0. The van der Waals surface area contributed by atoms with Gasteiger partial charge in [-0.05, 0) is 19.9 Å². The third kappa shape index (κ3) is 3.41. The molecule has 0 aliphatic rings. The van der Waals surface area contributed by atoms with Crippen molar-refractivity contribution in [3.8, 4) is 5.75 Å². The molecule has 1 aromatic rings. The molecule has 0 aromatic heterocycles. The second kappa shape index (κ2) is 6.47. The van der Waals surface area contributed by atoms with Crippen LogP contribution in [0.3, 0.4) is 0 Å². The Morgan fingerprint density at radius 3 is 2.53 bits per heavy atom. The highest BCUT2D eigenvalue weighted by atomic mass is 19.3. The molecule has 0 radical (unpaired) electrons. The van der Waals surface area contributed by atoms with Crippen molar-refractivity contribution in [2.24, 2.45) is 5.73 Å². The predicted octanol–water partition coefficient (Wildman–Crippen LogP) is 2.28. The first kappa shape index (κ1) is 15.4. The van der Waals surface area contributed by atoms with Crippen LogP contribution >= 0.6 is 0 Å². The van der Waals surface area contributed by atoms with Gasteiger partial charge in [0.15, 0.2) is 0 Å². The molecule has 0 spiro atoms. The molecule has 4 nitrogen and oxygen atoms in total. The van der Waals surface area contributed by atoms with E-state index in [2.05, 4.69) is 4.74 Å². The number of hydrogen-bond donors (Lipinski definition) is 1. The van der Waals surface area contributed by atoms with Crippen molar-refractivity contribution in [1.29, 1.82) is 0 Å². The minimum absolute atomic E-state index is 0.0717. The van der Waals surface area contributed by atoms with Gasteiger partial charge < -0.3 is 15.2 Å². The molecular weight excluding hydrogens is 256 g/mol. The molecule has 2 N–H and O–H groups in total. The number of carbonyl (C=O) groups excluding carboxylic acids is 1. The van der Waals surface area contributed by atoms with Crippen LogP contribution in [0.5, 0.6) is 5.75 Å². The zero-order valence-corrected chi connectivity index (χ0v) is 10.9. The summed E-state index contributed by atoms with van der Waals surface area (Å²) in [5.74, 6) is -5.20. The Bertz CT molecular complexity index is 438. The van der Waals surface area contributed by atoms with Crippen molar-refractivity contribution in [2.75, 3.05) is 13.2 Å². The fraction of sp³-hybridized carbons (Fsp3) is 0.462. The van der Waals surface area contributed by atoms with Crippen LogP contribution in [-0.2, 0) is 9.53 Å². The summed E-state index contributed by atoms with van der Waals surface area (Å²) in [6, 6.07) is 4.32. The molecule has 0 aliphatic heterocycles. The van der Waals surface area contributed by atoms with Crippen molar-refractivity contribution in [1.82, 2.24) is 0 Å². The summed E-state index contributed by atoms with van der Waals surface area (Å²) in [7, 11) is 0. The molecule has 0 aliphatic carbocycles. The molecule has 0 saturated heterocycles. The van der Waals surface area contributed by atoms with Gasteiger partial charge in [-0.2, -0.15) is 8.78 Å². The van der Waals surface area contributed by atoms with Crippen LogP contribution in [0.25, 0.3) is 0 Å². The molecule has 1 rings (SSSR count). The lowest BCUT2D eigenvalue weighted by molar-refractivity contribution is -0.174. The van der Waals surface area contributed by atoms with E-state index in [9.17, 15) is 13.6 Å². The highest BCUT2D eigenvalue weighted by Crippen LogP contribution is 2.35. The van der Waals surface area contributed by atoms with E-state index in [4.69, 9.17) is 10.5 Å². The summed E-state index contributed by atoms with van der Waals surface area (Å²) in [6.45, 7) is 3.36. The Morgan fingerprint density at radius 2 is 1.95 bits per heavy atom. The van der Waals surface area contributed by atoms with E-state index in [0.29, 0.717) is 6.61 Å². The second-order valence-corrected chi connectivity index (χ2v) is 3.79. The Labute approximate surface area is 110 Å². The third-order valence-corrected chi connectivity index (χ3v) is 2.49. The molecule has 0 amide bonds. The summed E-state index contributed by atoms with van der Waals surface area (Å²) in [5, 5.41) is 0. The molecule has 0 bridgehead atoms. The third-order valence-electron chi connectivity index (χ3n) is 2.49. The van der Waals surface area contributed by atoms with E-state index >= 15 is 0 Å².